The lowest BCUT2D eigenvalue weighted by Gasteiger charge is -2.17. The Labute approximate surface area is 113 Å². The van der Waals surface area contributed by atoms with Crippen molar-refractivity contribution in [1.82, 2.24) is 14.5 Å². The number of benzene rings is 1. The molecule has 19 heavy (non-hydrogen) atoms. The molecule has 0 aliphatic heterocycles. The fraction of sp³-hybridized carbons (Fsp3) is 0.429. The third-order valence-corrected chi connectivity index (χ3v) is 3.26. The summed E-state index contributed by atoms with van der Waals surface area (Å²) in [7, 11) is 1.81. The third-order valence-electron chi connectivity index (χ3n) is 3.26. The van der Waals surface area contributed by atoms with E-state index < -0.39 is 0 Å². The minimum absolute atomic E-state index is 0.0831. The van der Waals surface area contributed by atoms with Crippen LogP contribution >= 0.6 is 0 Å². The van der Waals surface area contributed by atoms with Crippen LogP contribution in [0.15, 0.2) is 24.3 Å². The molecule has 0 bridgehead atoms. The van der Waals surface area contributed by atoms with Crippen LogP contribution in [0.4, 0.5) is 0 Å². The quantitative estimate of drug-likeness (QED) is 0.877. The van der Waals surface area contributed by atoms with Crippen molar-refractivity contribution in [3.63, 3.8) is 0 Å². The van der Waals surface area contributed by atoms with Crippen molar-refractivity contribution in [2.24, 2.45) is 5.73 Å². The van der Waals surface area contributed by atoms with Gasteiger partial charge >= 0.3 is 0 Å². The van der Waals surface area contributed by atoms with Gasteiger partial charge in [0.25, 0.3) is 0 Å². The van der Waals surface area contributed by atoms with Gasteiger partial charge in [0.2, 0.25) is 5.91 Å². The van der Waals surface area contributed by atoms with Gasteiger partial charge in [0.1, 0.15) is 12.4 Å². The summed E-state index contributed by atoms with van der Waals surface area (Å²) in [5.41, 5.74) is 7.39. The lowest BCUT2D eigenvalue weighted by atomic mass is 10.3. The number of likely N-dealkylation sites (N-methyl/N-ethyl adjacent to an activating group) is 1. The number of amides is 1. The first-order chi connectivity index (χ1) is 9.13. The van der Waals surface area contributed by atoms with Gasteiger partial charge in [0.15, 0.2) is 0 Å². The van der Waals surface area contributed by atoms with E-state index in [4.69, 9.17) is 5.73 Å². The number of imidazole rings is 1. The summed E-state index contributed by atoms with van der Waals surface area (Å²) in [5.74, 6) is 0.946. The highest BCUT2D eigenvalue weighted by Gasteiger charge is 2.13. The molecular weight excluding hydrogens is 240 g/mol. The van der Waals surface area contributed by atoms with E-state index >= 15 is 0 Å². The average molecular weight is 260 g/mol. The van der Waals surface area contributed by atoms with Crippen LogP contribution in [0.3, 0.4) is 0 Å². The van der Waals surface area contributed by atoms with Gasteiger partial charge in [-0.15, -0.1) is 0 Å². The normalized spacial score (nSPS) is 10.9. The van der Waals surface area contributed by atoms with Crippen molar-refractivity contribution in [2.75, 3.05) is 20.1 Å². The Morgan fingerprint density at radius 3 is 2.89 bits per heavy atom. The highest BCUT2D eigenvalue weighted by molar-refractivity contribution is 5.81. The minimum atomic E-state index is 0.0831. The molecule has 5 heteroatoms. The number of aryl methyl sites for hydroxylation is 1. The van der Waals surface area contributed by atoms with Gasteiger partial charge in [-0.2, -0.15) is 0 Å². The van der Waals surface area contributed by atoms with Crippen LogP contribution in [0, 0.1) is 6.92 Å². The van der Waals surface area contributed by atoms with E-state index in [0.717, 1.165) is 23.3 Å². The summed E-state index contributed by atoms with van der Waals surface area (Å²) in [6.07, 6.45) is 0.825. The van der Waals surface area contributed by atoms with E-state index in [1.807, 2.05) is 42.8 Å². The molecule has 0 spiro atoms. The summed E-state index contributed by atoms with van der Waals surface area (Å²) in [6.45, 7) is 3.55. The molecule has 102 valence electrons. The highest BCUT2D eigenvalue weighted by Crippen LogP contribution is 2.15. The Bertz CT molecular complexity index is 576. The van der Waals surface area contributed by atoms with Crippen LogP contribution in [-0.2, 0) is 11.3 Å². The molecule has 2 rings (SSSR count). The van der Waals surface area contributed by atoms with E-state index in [2.05, 4.69) is 4.98 Å². The zero-order valence-corrected chi connectivity index (χ0v) is 11.5. The summed E-state index contributed by atoms with van der Waals surface area (Å²) < 4.78 is 1.95. The van der Waals surface area contributed by atoms with Crippen molar-refractivity contribution in [2.45, 2.75) is 19.9 Å². The number of fused-ring (bicyclic) bond motifs is 1. The Kier molecular flexibility index (Phi) is 4.16. The number of carbonyl (C=O) groups is 1. The maximum absolute atomic E-state index is 12.1. The van der Waals surface area contributed by atoms with Crippen LogP contribution in [0.2, 0.25) is 0 Å². The minimum Gasteiger partial charge on any atom is -0.344 e. The molecule has 2 N–H and O–H groups in total. The average Bonchev–Trinajstić information content (AvgIpc) is 2.72. The van der Waals surface area contributed by atoms with Crippen molar-refractivity contribution in [3.05, 3.63) is 30.1 Å². The van der Waals surface area contributed by atoms with Crippen molar-refractivity contribution in [3.8, 4) is 0 Å². The largest absolute Gasteiger partial charge is 0.344 e. The lowest BCUT2D eigenvalue weighted by molar-refractivity contribution is -0.130. The molecule has 2 aromatic rings. The van der Waals surface area contributed by atoms with Crippen molar-refractivity contribution >= 4 is 16.9 Å². The number of para-hydroxylation sites is 2. The van der Waals surface area contributed by atoms with Crippen molar-refractivity contribution in [1.29, 1.82) is 0 Å². The van der Waals surface area contributed by atoms with Gasteiger partial charge in [-0.25, -0.2) is 4.98 Å². The SMILES string of the molecule is Cc1nc2ccccc2n1CC(=O)N(C)CCCN. The van der Waals surface area contributed by atoms with E-state index in [-0.39, 0.29) is 5.91 Å². The zero-order chi connectivity index (χ0) is 13.8. The molecule has 1 heterocycles. The first-order valence-electron chi connectivity index (χ1n) is 6.49. The van der Waals surface area contributed by atoms with Crippen LogP contribution in [0.1, 0.15) is 12.2 Å². The molecule has 0 saturated heterocycles. The Hall–Kier alpha value is -1.88. The second-order valence-electron chi connectivity index (χ2n) is 4.69. The maximum atomic E-state index is 12.1. The number of hydrogen-bond donors (Lipinski definition) is 1. The molecule has 0 fully saturated rings. The molecule has 0 aliphatic carbocycles. The van der Waals surface area contributed by atoms with E-state index in [1.54, 1.807) is 4.90 Å². The Morgan fingerprint density at radius 1 is 1.42 bits per heavy atom. The van der Waals surface area contributed by atoms with Gasteiger partial charge in [-0.3, -0.25) is 4.79 Å². The van der Waals surface area contributed by atoms with Gasteiger partial charge in [0.05, 0.1) is 11.0 Å². The summed E-state index contributed by atoms with van der Waals surface area (Å²) in [4.78, 5) is 18.3. The van der Waals surface area contributed by atoms with Crippen LogP contribution in [-0.4, -0.2) is 40.5 Å². The molecule has 0 saturated carbocycles. The number of nitrogens with two attached hydrogens (primary N) is 1. The van der Waals surface area contributed by atoms with E-state index in [0.29, 0.717) is 19.6 Å². The lowest BCUT2D eigenvalue weighted by Crippen LogP contribution is -2.32. The van der Waals surface area contributed by atoms with E-state index in [9.17, 15) is 4.79 Å². The van der Waals surface area contributed by atoms with Gasteiger partial charge in [-0.05, 0) is 32.0 Å². The van der Waals surface area contributed by atoms with Gasteiger partial charge in [-0.1, -0.05) is 12.1 Å². The fourth-order valence-electron chi connectivity index (χ4n) is 2.10. The first kappa shape index (κ1) is 13.5. The molecule has 1 aromatic carbocycles. The predicted octanol–water partition coefficient (Wildman–Crippen LogP) is 1.15. The predicted molar refractivity (Wildman–Crippen MR) is 75.8 cm³/mol. The first-order valence-corrected chi connectivity index (χ1v) is 6.49. The third kappa shape index (κ3) is 2.93. The van der Waals surface area contributed by atoms with Crippen LogP contribution in [0.25, 0.3) is 11.0 Å². The zero-order valence-electron chi connectivity index (χ0n) is 11.5. The fourth-order valence-corrected chi connectivity index (χ4v) is 2.10. The Balaban J connectivity index is 2.17. The molecular formula is C14H20N4O. The monoisotopic (exact) mass is 260 g/mol. The molecule has 0 radical (unpaired) electrons. The summed E-state index contributed by atoms with van der Waals surface area (Å²) in [6, 6.07) is 7.86. The molecule has 0 unspecified atom stereocenters. The number of nitrogens with zero attached hydrogens (tertiary/aromatic N) is 3. The number of aromatic nitrogens is 2. The highest BCUT2D eigenvalue weighted by atomic mass is 16.2. The summed E-state index contributed by atoms with van der Waals surface area (Å²) >= 11 is 0. The summed E-state index contributed by atoms with van der Waals surface area (Å²) in [5, 5.41) is 0. The second-order valence-corrected chi connectivity index (χ2v) is 4.69. The molecule has 0 aliphatic rings. The van der Waals surface area contributed by atoms with Crippen molar-refractivity contribution < 1.29 is 4.79 Å². The Morgan fingerprint density at radius 2 is 2.16 bits per heavy atom. The standard InChI is InChI=1S/C14H20N4O/c1-11-16-12-6-3-4-7-13(12)18(11)10-14(19)17(2)9-5-8-15/h3-4,6-7H,5,8-10,15H2,1-2H3. The maximum Gasteiger partial charge on any atom is 0.242 e. The van der Waals surface area contributed by atoms with Gasteiger partial charge < -0.3 is 15.2 Å². The van der Waals surface area contributed by atoms with Crippen LogP contribution in [0.5, 0.6) is 0 Å². The second kappa shape index (κ2) is 5.84. The molecule has 1 amide bonds. The number of carbonyl (C=O) groups excluding carboxylic acids is 1. The molecule has 0 atom stereocenters. The molecule has 1 aromatic heterocycles. The topological polar surface area (TPSA) is 64.2 Å². The smallest absolute Gasteiger partial charge is 0.242 e. The van der Waals surface area contributed by atoms with Crippen LogP contribution < -0.4 is 5.73 Å². The number of rotatable bonds is 5. The number of hydrogen-bond acceptors (Lipinski definition) is 3. The van der Waals surface area contributed by atoms with E-state index in [1.165, 1.54) is 0 Å². The molecule has 5 nitrogen and oxygen atoms in total. The van der Waals surface area contributed by atoms with Gasteiger partial charge in [0, 0.05) is 13.6 Å².